The van der Waals surface area contributed by atoms with E-state index in [1.54, 1.807) is 30.7 Å². The van der Waals surface area contributed by atoms with E-state index in [-0.39, 0.29) is 11.7 Å². The first-order chi connectivity index (χ1) is 11.7. The summed E-state index contributed by atoms with van der Waals surface area (Å²) >= 11 is 0. The van der Waals surface area contributed by atoms with Crippen LogP contribution in [0, 0.1) is 5.82 Å². The van der Waals surface area contributed by atoms with Crippen molar-refractivity contribution in [2.24, 2.45) is 0 Å². The molecule has 1 N–H and O–H groups in total. The zero-order valence-corrected chi connectivity index (χ0v) is 12.9. The van der Waals surface area contributed by atoms with Gasteiger partial charge in [0, 0.05) is 36.5 Å². The van der Waals surface area contributed by atoms with Gasteiger partial charge in [-0.2, -0.15) is 0 Å². The number of aromatic nitrogens is 2. The number of nitrogens with zero attached hydrogens (tertiary/aromatic N) is 2. The van der Waals surface area contributed by atoms with Gasteiger partial charge in [-0.15, -0.1) is 0 Å². The molecule has 0 atom stereocenters. The summed E-state index contributed by atoms with van der Waals surface area (Å²) in [4.78, 5) is 16.0. The Morgan fingerprint density at radius 1 is 1.17 bits per heavy atom. The summed E-state index contributed by atoms with van der Waals surface area (Å²) in [7, 11) is 0. The highest BCUT2D eigenvalue weighted by molar-refractivity contribution is 5.76. The van der Waals surface area contributed by atoms with Gasteiger partial charge in [0.2, 0.25) is 5.91 Å². The van der Waals surface area contributed by atoms with E-state index in [1.807, 2.05) is 12.1 Å². The number of carbonyl (C=O) groups is 1. The van der Waals surface area contributed by atoms with Gasteiger partial charge >= 0.3 is 0 Å². The number of amides is 1. The minimum Gasteiger partial charge on any atom is -0.356 e. The molecule has 2 aromatic heterocycles. The van der Waals surface area contributed by atoms with Crippen LogP contribution in [0.15, 0.2) is 59.5 Å². The Morgan fingerprint density at radius 3 is 2.75 bits per heavy atom. The van der Waals surface area contributed by atoms with E-state index in [4.69, 9.17) is 4.52 Å². The maximum Gasteiger partial charge on any atom is 0.220 e. The van der Waals surface area contributed by atoms with Crippen LogP contribution in [-0.2, 0) is 17.8 Å². The Kier molecular flexibility index (Phi) is 4.96. The number of hydrogen-bond acceptors (Lipinski definition) is 4. The van der Waals surface area contributed by atoms with Crippen LogP contribution in [0.4, 0.5) is 4.39 Å². The fraction of sp³-hybridized carbons (Fsp3) is 0.167. The van der Waals surface area contributed by atoms with Crippen LogP contribution in [0.3, 0.4) is 0 Å². The van der Waals surface area contributed by atoms with Gasteiger partial charge in [0.25, 0.3) is 0 Å². The molecule has 0 saturated heterocycles. The SMILES string of the molecule is O=C(CCc1cnoc1-c1ccc(F)cc1)NCc1cccnc1. The molecule has 1 aromatic carbocycles. The minimum atomic E-state index is -0.311. The van der Waals surface area contributed by atoms with Gasteiger partial charge in [-0.05, 0) is 42.3 Å². The van der Waals surface area contributed by atoms with Crippen LogP contribution in [0.5, 0.6) is 0 Å². The fourth-order valence-corrected chi connectivity index (χ4v) is 2.32. The predicted molar refractivity (Wildman–Crippen MR) is 86.3 cm³/mol. The highest BCUT2D eigenvalue weighted by atomic mass is 19.1. The highest BCUT2D eigenvalue weighted by Crippen LogP contribution is 2.24. The zero-order chi connectivity index (χ0) is 16.8. The lowest BCUT2D eigenvalue weighted by atomic mass is 10.1. The van der Waals surface area contributed by atoms with E-state index in [2.05, 4.69) is 15.5 Å². The lowest BCUT2D eigenvalue weighted by Crippen LogP contribution is -2.23. The zero-order valence-electron chi connectivity index (χ0n) is 12.9. The molecule has 122 valence electrons. The Balaban J connectivity index is 1.56. The van der Waals surface area contributed by atoms with Gasteiger partial charge in [-0.25, -0.2) is 4.39 Å². The number of rotatable bonds is 6. The van der Waals surface area contributed by atoms with Crippen LogP contribution in [0.25, 0.3) is 11.3 Å². The minimum absolute atomic E-state index is 0.0647. The molecular formula is C18H16FN3O2. The third kappa shape index (κ3) is 4.04. The normalized spacial score (nSPS) is 10.5. The van der Waals surface area contributed by atoms with Crippen molar-refractivity contribution < 1.29 is 13.7 Å². The van der Waals surface area contributed by atoms with E-state index < -0.39 is 0 Å². The molecule has 0 fully saturated rings. The van der Waals surface area contributed by atoms with Gasteiger partial charge in [0.05, 0.1) is 6.20 Å². The number of carbonyl (C=O) groups excluding carboxylic acids is 1. The smallest absolute Gasteiger partial charge is 0.220 e. The third-order valence-corrected chi connectivity index (χ3v) is 3.58. The van der Waals surface area contributed by atoms with E-state index in [1.165, 1.54) is 12.1 Å². The summed E-state index contributed by atoms with van der Waals surface area (Å²) in [6, 6.07) is 9.71. The Labute approximate surface area is 138 Å². The summed E-state index contributed by atoms with van der Waals surface area (Å²) in [6.45, 7) is 0.446. The molecule has 0 radical (unpaired) electrons. The molecule has 24 heavy (non-hydrogen) atoms. The first-order valence-corrected chi connectivity index (χ1v) is 7.57. The van der Waals surface area contributed by atoms with Gasteiger partial charge in [-0.3, -0.25) is 9.78 Å². The number of hydrogen-bond donors (Lipinski definition) is 1. The summed E-state index contributed by atoms with van der Waals surface area (Å²) in [5.74, 6) is 0.190. The largest absolute Gasteiger partial charge is 0.356 e. The predicted octanol–water partition coefficient (Wildman–Crippen LogP) is 3.12. The van der Waals surface area contributed by atoms with Crippen LogP contribution >= 0.6 is 0 Å². The number of benzene rings is 1. The van der Waals surface area contributed by atoms with Crippen molar-refractivity contribution in [3.8, 4) is 11.3 Å². The van der Waals surface area contributed by atoms with Crippen molar-refractivity contribution in [3.63, 3.8) is 0 Å². The van der Waals surface area contributed by atoms with Crippen molar-refractivity contribution in [1.29, 1.82) is 0 Å². The lowest BCUT2D eigenvalue weighted by Gasteiger charge is -2.05. The molecule has 1 amide bonds. The van der Waals surface area contributed by atoms with Crippen LogP contribution in [0.2, 0.25) is 0 Å². The molecule has 0 aliphatic heterocycles. The first kappa shape index (κ1) is 15.9. The second-order valence-corrected chi connectivity index (χ2v) is 5.33. The maximum absolute atomic E-state index is 13.0. The molecule has 5 nitrogen and oxygen atoms in total. The van der Waals surface area contributed by atoms with E-state index in [0.717, 1.165) is 16.7 Å². The van der Waals surface area contributed by atoms with Gasteiger partial charge < -0.3 is 9.84 Å². The molecule has 0 unspecified atom stereocenters. The first-order valence-electron chi connectivity index (χ1n) is 7.57. The molecule has 0 saturated carbocycles. The van der Waals surface area contributed by atoms with Gasteiger partial charge in [-0.1, -0.05) is 11.2 Å². The van der Waals surface area contributed by atoms with Crippen molar-refractivity contribution in [2.45, 2.75) is 19.4 Å². The summed E-state index contributed by atoms with van der Waals surface area (Å²) < 4.78 is 18.2. The molecule has 0 aliphatic carbocycles. The van der Waals surface area contributed by atoms with Crippen molar-refractivity contribution >= 4 is 5.91 Å². The summed E-state index contributed by atoms with van der Waals surface area (Å²) in [5, 5.41) is 6.63. The molecule has 3 aromatic rings. The van der Waals surface area contributed by atoms with Crippen molar-refractivity contribution in [2.75, 3.05) is 0 Å². The van der Waals surface area contributed by atoms with E-state index in [9.17, 15) is 9.18 Å². The Hall–Kier alpha value is -3.02. The Bertz CT molecular complexity index is 801. The molecule has 0 bridgehead atoms. The molecule has 3 rings (SSSR count). The average molecular weight is 325 g/mol. The van der Waals surface area contributed by atoms with Gasteiger partial charge in [0.15, 0.2) is 5.76 Å². The summed E-state index contributed by atoms with van der Waals surface area (Å²) in [5.41, 5.74) is 2.50. The summed E-state index contributed by atoms with van der Waals surface area (Å²) in [6.07, 6.45) is 5.80. The number of nitrogens with one attached hydrogen (secondary N) is 1. The average Bonchev–Trinajstić information content (AvgIpc) is 3.08. The van der Waals surface area contributed by atoms with Gasteiger partial charge in [0.1, 0.15) is 5.82 Å². The lowest BCUT2D eigenvalue weighted by molar-refractivity contribution is -0.121. The number of halogens is 1. The monoisotopic (exact) mass is 325 g/mol. The molecule has 0 aliphatic rings. The number of aryl methyl sites for hydroxylation is 1. The molecule has 0 spiro atoms. The van der Waals surface area contributed by atoms with Crippen molar-refractivity contribution in [1.82, 2.24) is 15.5 Å². The highest BCUT2D eigenvalue weighted by Gasteiger charge is 2.12. The maximum atomic E-state index is 13.0. The fourth-order valence-electron chi connectivity index (χ4n) is 2.32. The quantitative estimate of drug-likeness (QED) is 0.756. The molecule has 2 heterocycles. The van der Waals surface area contributed by atoms with E-state index in [0.29, 0.717) is 25.1 Å². The van der Waals surface area contributed by atoms with Crippen LogP contribution in [0.1, 0.15) is 17.5 Å². The van der Waals surface area contributed by atoms with Crippen LogP contribution < -0.4 is 5.32 Å². The number of pyridine rings is 1. The Morgan fingerprint density at radius 2 is 2.00 bits per heavy atom. The second-order valence-electron chi connectivity index (χ2n) is 5.33. The second kappa shape index (κ2) is 7.50. The van der Waals surface area contributed by atoms with Crippen LogP contribution in [-0.4, -0.2) is 16.0 Å². The third-order valence-electron chi connectivity index (χ3n) is 3.58. The van der Waals surface area contributed by atoms with Crippen molar-refractivity contribution in [3.05, 3.63) is 71.9 Å². The standard InChI is InChI=1S/C18H16FN3O2/c19-16-6-3-14(4-7-16)18-15(12-22-24-18)5-8-17(23)21-11-13-2-1-9-20-10-13/h1-4,6-7,9-10,12H,5,8,11H2,(H,21,23). The topological polar surface area (TPSA) is 68.0 Å². The molecule has 6 heteroatoms. The molecular weight excluding hydrogens is 309 g/mol. The van der Waals surface area contributed by atoms with E-state index >= 15 is 0 Å².